The molecule has 0 unspecified atom stereocenters. The van der Waals surface area contributed by atoms with Crippen LogP contribution in [0, 0.1) is 20.2 Å². The van der Waals surface area contributed by atoms with Gasteiger partial charge in [-0.3, -0.25) is 20.2 Å². The highest BCUT2D eigenvalue weighted by Gasteiger charge is 2.20. The van der Waals surface area contributed by atoms with Gasteiger partial charge in [0.1, 0.15) is 0 Å². The average Bonchev–Trinajstić information content (AvgIpc) is 2.73. The second-order valence-corrected chi connectivity index (χ2v) is 7.01. The van der Waals surface area contributed by atoms with E-state index >= 15 is 0 Å². The molecule has 1 fully saturated rings. The van der Waals surface area contributed by atoms with Crippen LogP contribution in [0.5, 0.6) is 5.75 Å². The summed E-state index contributed by atoms with van der Waals surface area (Å²) in [6.07, 6.45) is 3.44. The summed E-state index contributed by atoms with van der Waals surface area (Å²) in [6, 6.07) is 12.9. The van der Waals surface area contributed by atoms with Gasteiger partial charge in [-0.05, 0) is 50.3 Å². The lowest BCUT2D eigenvalue weighted by molar-refractivity contribution is -0.385. The van der Waals surface area contributed by atoms with E-state index in [1.165, 1.54) is 36.4 Å². The number of hydrogen-bond donors (Lipinski definition) is 1. The van der Waals surface area contributed by atoms with Crippen molar-refractivity contribution >= 4 is 17.1 Å². The molecule has 0 radical (unpaired) electrons. The first-order valence-electron chi connectivity index (χ1n) is 9.40. The highest BCUT2D eigenvalue weighted by molar-refractivity contribution is 5.84. The molecule has 1 atom stereocenters. The molecule has 0 bridgehead atoms. The average molecular weight is 398 g/mol. The maximum atomic E-state index is 10.8. The number of nitrogens with one attached hydrogen (secondary N) is 1. The Hall–Kier alpha value is -3.33. The van der Waals surface area contributed by atoms with Gasteiger partial charge >= 0.3 is 0 Å². The number of nitro groups is 2. The second kappa shape index (κ2) is 9.24. The van der Waals surface area contributed by atoms with E-state index in [2.05, 4.69) is 10.5 Å². The number of non-ortho nitro benzene ring substituents is 2. The summed E-state index contributed by atoms with van der Waals surface area (Å²) in [5, 5.41) is 29.2. The van der Waals surface area contributed by atoms with Crippen LogP contribution < -0.4 is 10.2 Å². The highest BCUT2D eigenvalue weighted by atomic mass is 16.6. The van der Waals surface area contributed by atoms with Crippen LogP contribution >= 0.6 is 0 Å². The number of rotatable bonds is 7. The molecule has 0 aliphatic heterocycles. The number of nitrogens with zero attached hydrogens (tertiary/aromatic N) is 3. The second-order valence-electron chi connectivity index (χ2n) is 7.01. The highest BCUT2D eigenvalue weighted by Crippen LogP contribution is 2.23. The summed E-state index contributed by atoms with van der Waals surface area (Å²) in [5.74, 6) is 0.468. The minimum atomic E-state index is -0.457. The summed E-state index contributed by atoms with van der Waals surface area (Å²) in [5.41, 5.74) is 2.08. The summed E-state index contributed by atoms with van der Waals surface area (Å²) in [7, 11) is 0. The Balaban J connectivity index is 1.47. The molecule has 0 saturated heterocycles. The quantitative estimate of drug-likeness (QED) is 0.540. The standard InChI is InChI=1S/C20H22N4O5/c1-14(15-2-8-18(9-3-15)23(25)26)21-16-4-6-17(7-5-16)22-29-20-12-10-19(11-13-20)24(27)28/h2-3,8-14,16,21H,4-7H2,1H3/t14-,16?/m1/s1. The molecule has 152 valence electrons. The molecule has 9 heteroatoms. The number of oxime groups is 1. The van der Waals surface area contributed by atoms with Crippen LogP contribution in [0.2, 0.25) is 0 Å². The van der Waals surface area contributed by atoms with E-state index in [9.17, 15) is 20.2 Å². The van der Waals surface area contributed by atoms with Crippen LogP contribution in [-0.2, 0) is 0 Å². The van der Waals surface area contributed by atoms with Gasteiger partial charge in [-0.1, -0.05) is 17.3 Å². The monoisotopic (exact) mass is 398 g/mol. The molecule has 1 aliphatic rings. The van der Waals surface area contributed by atoms with Gasteiger partial charge in [0.05, 0.1) is 15.6 Å². The van der Waals surface area contributed by atoms with Crippen molar-refractivity contribution < 1.29 is 14.7 Å². The van der Waals surface area contributed by atoms with Crippen molar-refractivity contribution in [1.29, 1.82) is 0 Å². The molecule has 0 aromatic heterocycles. The first kappa shape index (κ1) is 20.4. The first-order valence-corrected chi connectivity index (χ1v) is 9.40. The Bertz CT molecular complexity index is 886. The third kappa shape index (κ3) is 5.58. The Morgan fingerprint density at radius 3 is 2.00 bits per heavy atom. The van der Waals surface area contributed by atoms with E-state index in [0.29, 0.717) is 11.8 Å². The zero-order valence-corrected chi connectivity index (χ0v) is 16.0. The van der Waals surface area contributed by atoms with Crippen molar-refractivity contribution in [3.05, 3.63) is 74.3 Å². The van der Waals surface area contributed by atoms with Crippen LogP contribution in [-0.4, -0.2) is 21.6 Å². The molecule has 0 amide bonds. The van der Waals surface area contributed by atoms with E-state index < -0.39 is 9.85 Å². The summed E-state index contributed by atoms with van der Waals surface area (Å²) in [4.78, 5) is 25.9. The Kier molecular flexibility index (Phi) is 6.50. The van der Waals surface area contributed by atoms with Crippen molar-refractivity contribution in [3.8, 4) is 5.75 Å². The lowest BCUT2D eigenvalue weighted by Gasteiger charge is -2.27. The van der Waals surface area contributed by atoms with E-state index in [1.54, 1.807) is 12.1 Å². The normalized spacial score (nSPS) is 17.4. The molecule has 1 saturated carbocycles. The van der Waals surface area contributed by atoms with Crippen LogP contribution in [0.25, 0.3) is 0 Å². The van der Waals surface area contributed by atoms with Gasteiger partial charge in [-0.25, -0.2) is 0 Å². The zero-order chi connectivity index (χ0) is 20.8. The Morgan fingerprint density at radius 2 is 1.48 bits per heavy atom. The van der Waals surface area contributed by atoms with Crippen molar-refractivity contribution in [2.75, 3.05) is 0 Å². The molecule has 29 heavy (non-hydrogen) atoms. The molecule has 9 nitrogen and oxygen atoms in total. The lowest BCUT2D eigenvalue weighted by Crippen LogP contribution is -2.35. The molecule has 2 aromatic rings. The minimum Gasteiger partial charge on any atom is -0.357 e. The van der Waals surface area contributed by atoms with Crippen molar-refractivity contribution in [2.24, 2.45) is 5.16 Å². The van der Waals surface area contributed by atoms with Gasteiger partial charge < -0.3 is 10.2 Å². The van der Waals surface area contributed by atoms with Crippen LogP contribution in [0.3, 0.4) is 0 Å². The molecule has 3 rings (SSSR count). The van der Waals surface area contributed by atoms with Crippen LogP contribution in [0.15, 0.2) is 53.7 Å². The third-order valence-corrected chi connectivity index (χ3v) is 4.98. The topological polar surface area (TPSA) is 120 Å². The fraction of sp³-hybridized carbons (Fsp3) is 0.350. The number of benzene rings is 2. The summed E-state index contributed by atoms with van der Waals surface area (Å²) >= 11 is 0. The minimum absolute atomic E-state index is 0.0127. The van der Waals surface area contributed by atoms with Gasteiger partial charge in [0, 0.05) is 36.3 Å². The van der Waals surface area contributed by atoms with Gasteiger partial charge in [0.2, 0.25) is 0 Å². The number of hydrogen-bond acceptors (Lipinski definition) is 7. The van der Waals surface area contributed by atoms with E-state index in [1.807, 2.05) is 6.92 Å². The zero-order valence-electron chi connectivity index (χ0n) is 16.0. The molecular weight excluding hydrogens is 376 g/mol. The Morgan fingerprint density at radius 1 is 0.966 bits per heavy atom. The molecule has 1 aliphatic carbocycles. The SMILES string of the molecule is C[C@@H](NC1CCC(=NOc2ccc([N+](=O)[O-])cc2)CC1)c1ccc([N+](=O)[O-])cc1. The summed E-state index contributed by atoms with van der Waals surface area (Å²) in [6.45, 7) is 2.04. The van der Waals surface area contributed by atoms with Gasteiger partial charge in [0.25, 0.3) is 11.4 Å². The maximum absolute atomic E-state index is 10.8. The van der Waals surface area contributed by atoms with Crippen LogP contribution in [0.1, 0.15) is 44.2 Å². The summed E-state index contributed by atoms with van der Waals surface area (Å²) < 4.78 is 0. The van der Waals surface area contributed by atoms with Gasteiger partial charge in [0.15, 0.2) is 5.75 Å². The van der Waals surface area contributed by atoms with Crippen molar-refractivity contribution in [3.63, 3.8) is 0 Å². The largest absolute Gasteiger partial charge is 0.357 e. The van der Waals surface area contributed by atoms with Gasteiger partial charge in [-0.2, -0.15) is 0 Å². The molecular formula is C20H22N4O5. The van der Waals surface area contributed by atoms with Crippen molar-refractivity contribution in [1.82, 2.24) is 5.32 Å². The number of nitro benzene ring substituents is 2. The van der Waals surface area contributed by atoms with Gasteiger partial charge in [-0.15, -0.1) is 0 Å². The molecule has 0 heterocycles. The van der Waals surface area contributed by atoms with Crippen molar-refractivity contribution in [2.45, 2.75) is 44.7 Å². The van der Waals surface area contributed by atoms with E-state index in [0.717, 1.165) is 37.0 Å². The van der Waals surface area contributed by atoms with Crippen LogP contribution in [0.4, 0.5) is 11.4 Å². The smallest absolute Gasteiger partial charge is 0.269 e. The lowest BCUT2D eigenvalue weighted by atomic mass is 9.92. The maximum Gasteiger partial charge on any atom is 0.269 e. The fourth-order valence-electron chi connectivity index (χ4n) is 3.29. The third-order valence-electron chi connectivity index (χ3n) is 4.98. The van der Waals surface area contributed by atoms with E-state index in [-0.39, 0.29) is 17.4 Å². The fourth-order valence-corrected chi connectivity index (χ4v) is 3.29. The molecule has 1 N–H and O–H groups in total. The first-order chi connectivity index (χ1) is 13.9. The van der Waals surface area contributed by atoms with E-state index in [4.69, 9.17) is 4.84 Å². The predicted octanol–water partition coefficient (Wildman–Crippen LogP) is 4.53. The predicted molar refractivity (Wildman–Crippen MR) is 108 cm³/mol. The molecule has 0 spiro atoms. The molecule has 2 aromatic carbocycles. The Labute approximate surface area is 167 Å².